The van der Waals surface area contributed by atoms with Crippen molar-refractivity contribution in [2.75, 3.05) is 6.54 Å². The molecule has 0 spiro atoms. The van der Waals surface area contributed by atoms with Crippen LogP contribution in [0.25, 0.3) is 0 Å². The second-order valence-electron chi connectivity index (χ2n) is 4.90. The number of piperidine rings is 1. The van der Waals surface area contributed by atoms with Gasteiger partial charge in [-0.1, -0.05) is 6.92 Å². The SMILES string of the molecule is CC(C(=O)O)C(C)N1CC2CCC1C2. The number of carbonyl (C=O) groups is 1. The summed E-state index contributed by atoms with van der Waals surface area (Å²) in [6, 6.07) is 0.875. The quantitative estimate of drug-likeness (QED) is 0.746. The topological polar surface area (TPSA) is 40.5 Å². The van der Waals surface area contributed by atoms with Gasteiger partial charge in [-0.15, -0.1) is 0 Å². The summed E-state index contributed by atoms with van der Waals surface area (Å²) >= 11 is 0. The Bertz CT molecular complexity index is 241. The highest BCUT2D eigenvalue weighted by Crippen LogP contribution is 2.39. The molecule has 2 aliphatic rings. The first-order valence-corrected chi connectivity index (χ1v) is 5.58. The van der Waals surface area contributed by atoms with Crippen LogP contribution >= 0.6 is 0 Å². The van der Waals surface area contributed by atoms with Crippen LogP contribution in [0.3, 0.4) is 0 Å². The molecule has 1 saturated heterocycles. The van der Waals surface area contributed by atoms with Crippen LogP contribution in [-0.2, 0) is 4.79 Å². The fourth-order valence-electron chi connectivity index (χ4n) is 2.96. The average molecular weight is 197 g/mol. The van der Waals surface area contributed by atoms with Crippen molar-refractivity contribution in [2.45, 2.75) is 45.2 Å². The van der Waals surface area contributed by atoms with Crippen LogP contribution < -0.4 is 0 Å². The fourth-order valence-corrected chi connectivity index (χ4v) is 2.96. The van der Waals surface area contributed by atoms with Gasteiger partial charge in [0.25, 0.3) is 0 Å². The van der Waals surface area contributed by atoms with E-state index in [2.05, 4.69) is 11.8 Å². The van der Waals surface area contributed by atoms with E-state index in [0.29, 0.717) is 6.04 Å². The van der Waals surface area contributed by atoms with Crippen LogP contribution in [0.1, 0.15) is 33.1 Å². The lowest BCUT2D eigenvalue weighted by atomic mass is 9.99. The minimum Gasteiger partial charge on any atom is -0.481 e. The Balaban J connectivity index is 1.98. The fraction of sp³-hybridized carbons (Fsp3) is 0.909. The third kappa shape index (κ3) is 1.54. The van der Waals surface area contributed by atoms with Crippen LogP contribution in [0.4, 0.5) is 0 Å². The number of carboxylic acid groups (broad SMARTS) is 1. The molecule has 3 nitrogen and oxygen atoms in total. The van der Waals surface area contributed by atoms with Gasteiger partial charge >= 0.3 is 5.97 Å². The molecule has 2 bridgehead atoms. The summed E-state index contributed by atoms with van der Waals surface area (Å²) in [4.78, 5) is 13.3. The Morgan fingerprint density at radius 1 is 1.43 bits per heavy atom. The van der Waals surface area contributed by atoms with E-state index in [1.165, 1.54) is 19.3 Å². The number of fused-ring (bicyclic) bond motifs is 2. The monoisotopic (exact) mass is 197 g/mol. The summed E-state index contributed by atoms with van der Waals surface area (Å²) in [5, 5.41) is 8.96. The number of rotatable bonds is 3. The predicted octanol–water partition coefficient (Wildman–Crippen LogP) is 1.58. The third-order valence-corrected chi connectivity index (χ3v) is 4.09. The van der Waals surface area contributed by atoms with Gasteiger partial charge in [-0.05, 0) is 32.1 Å². The normalized spacial score (nSPS) is 35.9. The molecule has 14 heavy (non-hydrogen) atoms. The summed E-state index contributed by atoms with van der Waals surface area (Å²) in [6.45, 7) is 5.00. The van der Waals surface area contributed by atoms with Crippen molar-refractivity contribution >= 4 is 5.97 Å². The molecule has 0 aromatic heterocycles. The molecule has 1 heterocycles. The van der Waals surface area contributed by atoms with Crippen molar-refractivity contribution in [1.82, 2.24) is 4.90 Å². The van der Waals surface area contributed by atoms with E-state index >= 15 is 0 Å². The Morgan fingerprint density at radius 3 is 2.57 bits per heavy atom. The van der Waals surface area contributed by atoms with Crippen molar-refractivity contribution in [3.05, 3.63) is 0 Å². The highest BCUT2D eigenvalue weighted by molar-refractivity contribution is 5.70. The summed E-state index contributed by atoms with van der Waals surface area (Å²) in [5.41, 5.74) is 0. The van der Waals surface area contributed by atoms with E-state index in [1.54, 1.807) is 0 Å². The lowest BCUT2D eigenvalue weighted by Gasteiger charge is -2.34. The maximum atomic E-state index is 10.9. The van der Waals surface area contributed by atoms with Crippen LogP contribution in [0, 0.1) is 11.8 Å². The van der Waals surface area contributed by atoms with Gasteiger partial charge in [-0.2, -0.15) is 0 Å². The Labute approximate surface area is 85.1 Å². The van der Waals surface area contributed by atoms with Crippen LogP contribution in [0.15, 0.2) is 0 Å². The van der Waals surface area contributed by atoms with E-state index in [4.69, 9.17) is 5.11 Å². The van der Waals surface area contributed by atoms with Crippen LogP contribution in [0.5, 0.6) is 0 Å². The molecule has 0 radical (unpaired) electrons. The first kappa shape index (κ1) is 9.97. The number of aliphatic carboxylic acids is 1. The van der Waals surface area contributed by atoms with Gasteiger partial charge in [0.05, 0.1) is 5.92 Å². The summed E-state index contributed by atoms with van der Waals surface area (Å²) in [6.07, 6.45) is 3.94. The highest BCUT2D eigenvalue weighted by Gasteiger charge is 2.41. The first-order valence-electron chi connectivity index (χ1n) is 5.58. The van der Waals surface area contributed by atoms with Gasteiger partial charge in [0.1, 0.15) is 0 Å². The van der Waals surface area contributed by atoms with Crippen molar-refractivity contribution < 1.29 is 9.90 Å². The van der Waals surface area contributed by atoms with Crippen molar-refractivity contribution in [3.63, 3.8) is 0 Å². The van der Waals surface area contributed by atoms with E-state index in [9.17, 15) is 4.79 Å². The molecule has 1 N–H and O–H groups in total. The molecule has 2 fully saturated rings. The van der Waals surface area contributed by atoms with E-state index in [-0.39, 0.29) is 12.0 Å². The van der Waals surface area contributed by atoms with E-state index in [1.807, 2.05) is 6.92 Å². The Kier molecular flexibility index (Phi) is 2.52. The van der Waals surface area contributed by atoms with E-state index in [0.717, 1.165) is 12.5 Å². The number of nitrogens with zero attached hydrogens (tertiary/aromatic N) is 1. The smallest absolute Gasteiger partial charge is 0.307 e. The largest absolute Gasteiger partial charge is 0.481 e. The maximum Gasteiger partial charge on any atom is 0.307 e. The Morgan fingerprint density at radius 2 is 2.14 bits per heavy atom. The average Bonchev–Trinajstić information content (AvgIpc) is 2.76. The molecule has 80 valence electrons. The summed E-state index contributed by atoms with van der Waals surface area (Å²) in [7, 11) is 0. The van der Waals surface area contributed by atoms with Crippen molar-refractivity contribution in [2.24, 2.45) is 11.8 Å². The van der Waals surface area contributed by atoms with Gasteiger partial charge in [0.2, 0.25) is 0 Å². The van der Waals surface area contributed by atoms with Crippen LogP contribution in [0.2, 0.25) is 0 Å². The molecular formula is C11H19NO2. The molecule has 0 aromatic carbocycles. The maximum absolute atomic E-state index is 10.9. The number of likely N-dealkylation sites (tertiary alicyclic amines) is 1. The molecule has 4 atom stereocenters. The number of hydrogen-bond acceptors (Lipinski definition) is 2. The summed E-state index contributed by atoms with van der Waals surface area (Å²) < 4.78 is 0. The summed E-state index contributed by atoms with van der Waals surface area (Å²) in [5.74, 6) is -0.0573. The number of carboxylic acids is 1. The number of hydrogen-bond donors (Lipinski definition) is 1. The molecule has 2 rings (SSSR count). The van der Waals surface area contributed by atoms with Gasteiger partial charge in [0, 0.05) is 18.6 Å². The van der Waals surface area contributed by atoms with Gasteiger partial charge in [-0.3, -0.25) is 9.69 Å². The molecule has 3 heteroatoms. The first-order chi connectivity index (χ1) is 6.59. The minimum absolute atomic E-state index is 0.197. The zero-order valence-corrected chi connectivity index (χ0v) is 8.94. The predicted molar refractivity (Wildman–Crippen MR) is 54.1 cm³/mol. The molecule has 1 aliphatic carbocycles. The van der Waals surface area contributed by atoms with Crippen molar-refractivity contribution in [3.8, 4) is 0 Å². The van der Waals surface area contributed by atoms with Crippen LogP contribution in [-0.4, -0.2) is 34.6 Å². The lowest BCUT2D eigenvalue weighted by Crippen LogP contribution is -2.44. The molecule has 1 aliphatic heterocycles. The molecule has 4 unspecified atom stereocenters. The standard InChI is InChI=1S/C11H19NO2/c1-7(11(13)14)8(2)12-6-9-3-4-10(12)5-9/h7-10H,3-6H2,1-2H3,(H,13,14). The Hall–Kier alpha value is -0.570. The lowest BCUT2D eigenvalue weighted by molar-refractivity contribution is -0.143. The zero-order valence-electron chi connectivity index (χ0n) is 8.94. The second-order valence-corrected chi connectivity index (χ2v) is 4.90. The minimum atomic E-state index is -0.666. The third-order valence-electron chi connectivity index (χ3n) is 4.09. The molecular weight excluding hydrogens is 178 g/mol. The van der Waals surface area contributed by atoms with Crippen molar-refractivity contribution in [1.29, 1.82) is 0 Å². The van der Waals surface area contributed by atoms with E-state index < -0.39 is 5.97 Å². The second kappa shape index (κ2) is 3.54. The van der Waals surface area contributed by atoms with Gasteiger partial charge < -0.3 is 5.11 Å². The molecule has 1 saturated carbocycles. The van der Waals surface area contributed by atoms with Gasteiger partial charge in [0.15, 0.2) is 0 Å². The zero-order chi connectivity index (χ0) is 10.3. The highest BCUT2D eigenvalue weighted by atomic mass is 16.4. The van der Waals surface area contributed by atoms with Gasteiger partial charge in [-0.25, -0.2) is 0 Å². The molecule has 0 aromatic rings. The molecule has 0 amide bonds.